The predicted octanol–water partition coefficient (Wildman–Crippen LogP) is 3.27. The molecule has 0 aliphatic rings. The minimum atomic E-state index is -0.659. The molecule has 0 saturated carbocycles. The first-order valence-corrected chi connectivity index (χ1v) is 8.21. The number of hydrogen-bond acceptors (Lipinski definition) is 5. The van der Waals surface area contributed by atoms with Crippen LogP contribution in [0.25, 0.3) is 10.8 Å². The van der Waals surface area contributed by atoms with E-state index in [4.69, 9.17) is 14.7 Å². The summed E-state index contributed by atoms with van der Waals surface area (Å²) in [7, 11) is 0. The molecule has 27 heavy (non-hydrogen) atoms. The standard InChI is InChI=1S/C21H16N2O4/c22-12-15-5-9-19(10-6-15)26-14-21(25)27-13-20(24)23-18-8-7-16-3-1-2-4-17(16)11-18/h1-11H,13-14H2,(H,23,24). The third-order valence-electron chi connectivity index (χ3n) is 3.74. The largest absolute Gasteiger partial charge is 0.482 e. The van der Waals surface area contributed by atoms with E-state index in [0.29, 0.717) is 17.0 Å². The molecule has 3 rings (SSSR count). The number of nitriles is 1. The first-order valence-electron chi connectivity index (χ1n) is 8.21. The van der Waals surface area contributed by atoms with Gasteiger partial charge in [0.1, 0.15) is 5.75 Å². The lowest BCUT2D eigenvalue weighted by Gasteiger charge is -2.08. The fourth-order valence-corrected chi connectivity index (χ4v) is 2.42. The number of nitrogens with zero attached hydrogens (tertiary/aromatic N) is 1. The highest BCUT2D eigenvalue weighted by Crippen LogP contribution is 2.18. The lowest BCUT2D eigenvalue weighted by atomic mass is 10.1. The molecule has 0 heterocycles. The molecular weight excluding hydrogens is 344 g/mol. The second-order valence-electron chi connectivity index (χ2n) is 5.70. The van der Waals surface area contributed by atoms with Crippen LogP contribution in [0.4, 0.5) is 5.69 Å². The number of amides is 1. The van der Waals surface area contributed by atoms with Crippen LogP contribution in [-0.2, 0) is 14.3 Å². The maximum Gasteiger partial charge on any atom is 0.344 e. The Balaban J connectivity index is 1.44. The molecule has 0 unspecified atom stereocenters. The van der Waals surface area contributed by atoms with E-state index < -0.39 is 18.5 Å². The van der Waals surface area contributed by atoms with Gasteiger partial charge in [-0.3, -0.25) is 4.79 Å². The Kier molecular flexibility index (Phi) is 5.65. The quantitative estimate of drug-likeness (QED) is 0.682. The average Bonchev–Trinajstić information content (AvgIpc) is 2.71. The zero-order chi connectivity index (χ0) is 19.1. The van der Waals surface area contributed by atoms with Gasteiger partial charge in [-0.1, -0.05) is 30.3 Å². The Morgan fingerprint density at radius 2 is 1.67 bits per heavy atom. The van der Waals surface area contributed by atoms with Crippen LogP contribution in [0.15, 0.2) is 66.7 Å². The van der Waals surface area contributed by atoms with Gasteiger partial charge in [0.15, 0.2) is 13.2 Å². The number of esters is 1. The lowest BCUT2D eigenvalue weighted by molar-refractivity contribution is -0.149. The summed E-state index contributed by atoms with van der Waals surface area (Å²) < 4.78 is 10.2. The molecule has 3 aromatic carbocycles. The van der Waals surface area contributed by atoms with Crippen molar-refractivity contribution in [3.05, 3.63) is 72.3 Å². The molecule has 6 heteroatoms. The van der Waals surface area contributed by atoms with Crippen molar-refractivity contribution in [3.8, 4) is 11.8 Å². The van der Waals surface area contributed by atoms with Gasteiger partial charge in [-0.15, -0.1) is 0 Å². The van der Waals surface area contributed by atoms with E-state index in [0.717, 1.165) is 10.8 Å². The lowest BCUT2D eigenvalue weighted by Crippen LogP contribution is -2.23. The van der Waals surface area contributed by atoms with E-state index in [9.17, 15) is 9.59 Å². The zero-order valence-electron chi connectivity index (χ0n) is 14.3. The van der Waals surface area contributed by atoms with Gasteiger partial charge in [-0.2, -0.15) is 5.26 Å². The molecule has 0 aliphatic carbocycles. The normalized spacial score (nSPS) is 10.0. The second kappa shape index (κ2) is 8.50. The molecule has 0 atom stereocenters. The van der Waals surface area contributed by atoms with Gasteiger partial charge in [0.05, 0.1) is 11.6 Å². The highest BCUT2D eigenvalue weighted by Gasteiger charge is 2.09. The summed E-state index contributed by atoms with van der Waals surface area (Å²) in [5.41, 5.74) is 1.12. The predicted molar refractivity (Wildman–Crippen MR) is 100 cm³/mol. The molecule has 1 N–H and O–H groups in total. The summed E-state index contributed by atoms with van der Waals surface area (Å²) in [6.45, 7) is -0.725. The van der Waals surface area contributed by atoms with E-state index in [1.54, 1.807) is 30.3 Å². The molecule has 134 valence electrons. The third-order valence-corrected chi connectivity index (χ3v) is 3.74. The molecule has 0 bridgehead atoms. The summed E-state index contributed by atoms with van der Waals surface area (Å²) in [4.78, 5) is 23.6. The van der Waals surface area contributed by atoms with Crippen LogP contribution in [-0.4, -0.2) is 25.1 Å². The number of fused-ring (bicyclic) bond motifs is 1. The van der Waals surface area contributed by atoms with Crippen LogP contribution in [0.1, 0.15) is 5.56 Å². The van der Waals surface area contributed by atoms with Crippen LogP contribution in [0.3, 0.4) is 0 Å². The van der Waals surface area contributed by atoms with Gasteiger partial charge in [0, 0.05) is 5.69 Å². The summed E-state index contributed by atoms with van der Waals surface area (Å²) in [5, 5.41) is 13.5. The Morgan fingerprint density at radius 1 is 0.926 bits per heavy atom. The van der Waals surface area contributed by atoms with E-state index in [1.807, 2.05) is 42.5 Å². The van der Waals surface area contributed by atoms with E-state index in [-0.39, 0.29) is 6.61 Å². The zero-order valence-corrected chi connectivity index (χ0v) is 14.3. The average molecular weight is 360 g/mol. The van der Waals surface area contributed by atoms with Crippen molar-refractivity contribution < 1.29 is 19.1 Å². The van der Waals surface area contributed by atoms with Crippen molar-refractivity contribution in [2.45, 2.75) is 0 Å². The molecule has 0 saturated heterocycles. The summed E-state index contributed by atoms with van der Waals surface area (Å²) in [5.74, 6) is -0.656. The van der Waals surface area contributed by atoms with Gasteiger partial charge in [-0.05, 0) is 47.2 Å². The fourth-order valence-electron chi connectivity index (χ4n) is 2.42. The third kappa shape index (κ3) is 5.06. The van der Waals surface area contributed by atoms with Gasteiger partial charge < -0.3 is 14.8 Å². The van der Waals surface area contributed by atoms with Crippen LogP contribution in [0.5, 0.6) is 5.75 Å². The van der Waals surface area contributed by atoms with E-state index in [1.165, 1.54) is 0 Å². The number of ether oxygens (including phenoxy) is 2. The van der Waals surface area contributed by atoms with Crippen LogP contribution >= 0.6 is 0 Å². The van der Waals surface area contributed by atoms with Gasteiger partial charge in [-0.25, -0.2) is 4.79 Å². The molecule has 1 amide bonds. The molecule has 0 aromatic heterocycles. The number of benzene rings is 3. The highest BCUT2D eigenvalue weighted by molar-refractivity contribution is 5.95. The number of carbonyl (C=O) groups is 2. The molecule has 3 aromatic rings. The Morgan fingerprint density at radius 3 is 2.41 bits per heavy atom. The Labute approximate surface area is 155 Å². The number of hydrogen-bond donors (Lipinski definition) is 1. The van der Waals surface area contributed by atoms with Crippen molar-refractivity contribution >= 4 is 28.3 Å². The summed E-state index contributed by atoms with van der Waals surface area (Å²) in [6, 6.07) is 21.7. The van der Waals surface area contributed by atoms with Crippen LogP contribution in [0, 0.1) is 11.3 Å². The van der Waals surface area contributed by atoms with Crippen LogP contribution in [0.2, 0.25) is 0 Å². The summed E-state index contributed by atoms with van der Waals surface area (Å²) >= 11 is 0. The highest BCUT2D eigenvalue weighted by atomic mass is 16.6. The monoisotopic (exact) mass is 360 g/mol. The molecular formula is C21H16N2O4. The van der Waals surface area contributed by atoms with Gasteiger partial charge >= 0.3 is 5.97 Å². The number of rotatable bonds is 6. The van der Waals surface area contributed by atoms with Crippen LogP contribution < -0.4 is 10.1 Å². The van der Waals surface area contributed by atoms with Crippen molar-refractivity contribution in [2.24, 2.45) is 0 Å². The SMILES string of the molecule is N#Cc1ccc(OCC(=O)OCC(=O)Nc2ccc3ccccc3c2)cc1. The molecule has 0 aliphatic heterocycles. The van der Waals surface area contributed by atoms with E-state index in [2.05, 4.69) is 5.32 Å². The Hall–Kier alpha value is -3.85. The number of carbonyl (C=O) groups excluding carboxylic acids is 2. The van der Waals surface area contributed by atoms with Gasteiger partial charge in [0.25, 0.3) is 5.91 Å². The molecule has 0 spiro atoms. The van der Waals surface area contributed by atoms with Crippen molar-refractivity contribution in [1.29, 1.82) is 5.26 Å². The van der Waals surface area contributed by atoms with E-state index >= 15 is 0 Å². The van der Waals surface area contributed by atoms with Crippen molar-refractivity contribution in [2.75, 3.05) is 18.5 Å². The Bertz CT molecular complexity index is 1010. The number of anilines is 1. The molecule has 6 nitrogen and oxygen atoms in total. The second-order valence-corrected chi connectivity index (χ2v) is 5.70. The minimum absolute atomic E-state index is 0.324. The summed E-state index contributed by atoms with van der Waals surface area (Å²) in [6.07, 6.45) is 0. The first kappa shape index (κ1) is 18.0. The first-order chi connectivity index (χ1) is 13.1. The number of nitrogens with one attached hydrogen (secondary N) is 1. The topological polar surface area (TPSA) is 88.4 Å². The molecule has 0 fully saturated rings. The smallest absolute Gasteiger partial charge is 0.344 e. The van der Waals surface area contributed by atoms with Crippen molar-refractivity contribution in [3.63, 3.8) is 0 Å². The molecule has 0 radical (unpaired) electrons. The maximum atomic E-state index is 11.9. The fraction of sp³-hybridized carbons (Fsp3) is 0.0952. The van der Waals surface area contributed by atoms with Gasteiger partial charge in [0.2, 0.25) is 0 Å². The van der Waals surface area contributed by atoms with Crippen molar-refractivity contribution in [1.82, 2.24) is 0 Å². The minimum Gasteiger partial charge on any atom is -0.482 e. The maximum absolute atomic E-state index is 11.9.